The van der Waals surface area contributed by atoms with E-state index < -0.39 is 0 Å². The van der Waals surface area contributed by atoms with Gasteiger partial charge in [-0.25, -0.2) is 0 Å². The Hall–Kier alpha value is -1.05. The largest absolute Gasteiger partial charge is 0.381 e. The summed E-state index contributed by atoms with van der Waals surface area (Å²) in [5.74, 6) is 0.822. The van der Waals surface area contributed by atoms with E-state index in [2.05, 4.69) is 46.4 Å². The zero-order chi connectivity index (χ0) is 15.6. The topological polar surface area (TPSA) is 68.1 Å². The standard InChI is InChI=1S/C15H28N6O/c1-14(2,3)21-18-13(17-19-21)12-20-9-8-16-7-4-15(20)5-10-22-11-6-15/h16H,4-12H2,1-3H3. The Kier molecular flexibility index (Phi) is 4.47. The van der Waals surface area contributed by atoms with Crippen molar-refractivity contribution in [3.63, 3.8) is 0 Å². The van der Waals surface area contributed by atoms with E-state index in [0.29, 0.717) is 0 Å². The number of tetrazole rings is 1. The Morgan fingerprint density at radius 3 is 2.64 bits per heavy atom. The molecule has 2 saturated heterocycles. The number of hydrogen-bond donors (Lipinski definition) is 1. The zero-order valence-corrected chi connectivity index (χ0v) is 14.0. The minimum absolute atomic E-state index is 0.123. The second kappa shape index (κ2) is 6.22. The lowest BCUT2D eigenvalue weighted by atomic mass is 9.85. The predicted molar refractivity (Wildman–Crippen MR) is 83.5 cm³/mol. The smallest absolute Gasteiger partial charge is 0.188 e. The fourth-order valence-electron chi connectivity index (χ4n) is 3.38. The van der Waals surface area contributed by atoms with Gasteiger partial charge < -0.3 is 10.1 Å². The minimum atomic E-state index is -0.123. The molecule has 0 aromatic carbocycles. The molecule has 0 unspecified atom stereocenters. The number of aromatic nitrogens is 4. The summed E-state index contributed by atoms with van der Waals surface area (Å²) in [5, 5.41) is 16.6. The van der Waals surface area contributed by atoms with Crippen LogP contribution in [0.1, 0.15) is 45.9 Å². The van der Waals surface area contributed by atoms with Crippen LogP contribution in [0.25, 0.3) is 0 Å². The van der Waals surface area contributed by atoms with Gasteiger partial charge in [0.2, 0.25) is 0 Å². The summed E-state index contributed by atoms with van der Waals surface area (Å²) in [5.41, 5.74) is 0.108. The van der Waals surface area contributed by atoms with Crippen molar-refractivity contribution in [1.82, 2.24) is 30.4 Å². The summed E-state index contributed by atoms with van der Waals surface area (Å²) >= 11 is 0. The quantitative estimate of drug-likeness (QED) is 0.870. The lowest BCUT2D eigenvalue weighted by Gasteiger charge is -2.45. The van der Waals surface area contributed by atoms with Crippen molar-refractivity contribution < 1.29 is 4.74 Å². The SMILES string of the molecule is CC(C)(C)n1nnc(CN2CCNCCC23CCOCC3)n1. The highest BCUT2D eigenvalue weighted by atomic mass is 16.5. The Balaban J connectivity index is 1.77. The van der Waals surface area contributed by atoms with Gasteiger partial charge >= 0.3 is 0 Å². The molecule has 22 heavy (non-hydrogen) atoms. The van der Waals surface area contributed by atoms with E-state index in [4.69, 9.17) is 4.74 Å². The Morgan fingerprint density at radius 1 is 1.18 bits per heavy atom. The number of hydrogen-bond acceptors (Lipinski definition) is 6. The van der Waals surface area contributed by atoms with Gasteiger partial charge in [0.1, 0.15) is 0 Å². The van der Waals surface area contributed by atoms with Crippen LogP contribution in [0.3, 0.4) is 0 Å². The monoisotopic (exact) mass is 308 g/mol. The first-order valence-corrected chi connectivity index (χ1v) is 8.33. The first kappa shape index (κ1) is 15.8. The average Bonchev–Trinajstić information content (AvgIpc) is 2.88. The van der Waals surface area contributed by atoms with Crippen molar-refractivity contribution in [3.05, 3.63) is 5.82 Å². The van der Waals surface area contributed by atoms with Crippen molar-refractivity contribution in [1.29, 1.82) is 0 Å². The fraction of sp³-hybridized carbons (Fsp3) is 0.933. The minimum Gasteiger partial charge on any atom is -0.381 e. The Labute approximate surface area is 132 Å². The average molecular weight is 308 g/mol. The Bertz CT molecular complexity index is 488. The second-order valence-corrected chi connectivity index (χ2v) is 7.42. The van der Waals surface area contributed by atoms with Crippen LogP contribution in [-0.4, -0.2) is 63.5 Å². The highest BCUT2D eigenvalue weighted by molar-refractivity contribution is 4.97. The van der Waals surface area contributed by atoms with Gasteiger partial charge in [0.05, 0.1) is 12.1 Å². The lowest BCUT2D eigenvalue weighted by Crippen LogP contribution is -2.52. The summed E-state index contributed by atoms with van der Waals surface area (Å²) in [4.78, 5) is 4.27. The number of nitrogens with one attached hydrogen (secondary N) is 1. The molecule has 2 aliphatic heterocycles. The molecule has 0 amide bonds. The van der Waals surface area contributed by atoms with Crippen LogP contribution >= 0.6 is 0 Å². The van der Waals surface area contributed by atoms with E-state index in [1.54, 1.807) is 4.80 Å². The fourth-order valence-corrected chi connectivity index (χ4v) is 3.38. The molecule has 0 saturated carbocycles. The number of ether oxygens (including phenoxy) is 1. The molecule has 0 radical (unpaired) electrons. The molecule has 1 aromatic rings. The third-order valence-electron chi connectivity index (χ3n) is 4.81. The maximum Gasteiger partial charge on any atom is 0.188 e. The van der Waals surface area contributed by atoms with E-state index >= 15 is 0 Å². The van der Waals surface area contributed by atoms with E-state index in [9.17, 15) is 0 Å². The lowest BCUT2D eigenvalue weighted by molar-refractivity contribution is -0.0318. The number of nitrogens with zero attached hydrogens (tertiary/aromatic N) is 5. The summed E-state index contributed by atoms with van der Waals surface area (Å²) in [6.07, 6.45) is 3.37. The summed E-state index contributed by atoms with van der Waals surface area (Å²) in [7, 11) is 0. The highest BCUT2D eigenvalue weighted by Gasteiger charge is 2.39. The molecule has 2 aliphatic rings. The van der Waals surface area contributed by atoms with Crippen molar-refractivity contribution in [2.24, 2.45) is 0 Å². The molecule has 7 nitrogen and oxygen atoms in total. The van der Waals surface area contributed by atoms with E-state index in [-0.39, 0.29) is 11.1 Å². The molecule has 0 aliphatic carbocycles. The Morgan fingerprint density at radius 2 is 1.95 bits per heavy atom. The molecule has 1 aromatic heterocycles. The molecule has 2 fully saturated rings. The van der Waals surface area contributed by atoms with Gasteiger partial charge in [-0.15, -0.1) is 10.2 Å². The van der Waals surface area contributed by atoms with Gasteiger partial charge in [0.25, 0.3) is 0 Å². The van der Waals surface area contributed by atoms with E-state index in [1.807, 2.05) is 0 Å². The van der Waals surface area contributed by atoms with Crippen molar-refractivity contribution in [3.8, 4) is 0 Å². The molecule has 0 atom stereocenters. The summed E-state index contributed by atoms with van der Waals surface area (Å²) in [6, 6.07) is 0. The predicted octanol–water partition coefficient (Wildman–Crippen LogP) is 0.773. The van der Waals surface area contributed by atoms with Gasteiger partial charge in [-0.05, 0) is 51.8 Å². The molecule has 1 spiro atoms. The van der Waals surface area contributed by atoms with Crippen LogP contribution in [0.4, 0.5) is 0 Å². The van der Waals surface area contributed by atoms with Crippen LogP contribution in [0.15, 0.2) is 0 Å². The van der Waals surface area contributed by atoms with E-state index in [1.165, 1.54) is 6.42 Å². The molecule has 124 valence electrons. The van der Waals surface area contributed by atoms with Crippen LogP contribution in [0, 0.1) is 0 Å². The van der Waals surface area contributed by atoms with Gasteiger partial charge in [-0.2, -0.15) is 4.80 Å². The molecule has 3 heterocycles. The van der Waals surface area contributed by atoms with Gasteiger partial charge in [-0.3, -0.25) is 4.90 Å². The molecular weight excluding hydrogens is 280 g/mol. The first-order chi connectivity index (χ1) is 10.5. The van der Waals surface area contributed by atoms with Crippen molar-refractivity contribution in [2.75, 3.05) is 32.8 Å². The molecule has 1 N–H and O–H groups in total. The maximum atomic E-state index is 5.59. The van der Waals surface area contributed by atoms with Crippen LogP contribution in [0.2, 0.25) is 0 Å². The van der Waals surface area contributed by atoms with Crippen LogP contribution < -0.4 is 5.32 Å². The van der Waals surface area contributed by atoms with Crippen LogP contribution in [-0.2, 0) is 16.8 Å². The number of rotatable bonds is 2. The van der Waals surface area contributed by atoms with Gasteiger partial charge in [0.15, 0.2) is 5.82 Å². The second-order valence-electron chi connectivity index (χ2n) is 7.42. The van der Waals surface area contributed by atoms with E-state index in [0.717, 1.165) is 58.1 Å². The van der Waals surface area contributed by atoms with Crippen molar-refractivity contribution >= 4 is 0 Å². The normalized spacial score (nSPS) is 23.6. The first-order valence-electron chi connectivity index (χ1n) is 8.33. The third-order valence-corrected chi connectivity index (χ3v) is 4.81. The summed E-state index contributed by atoms with van der Waals surface area (Å²) in [6.45, 7) is 11.9. The van der Waals surface area contributed by atoms with Crippen LogP contribution in [0.5, 0.6) is 0 Å². The summed E-state index contributed by atoms with van der Waals surface area (Å²) < 4.78 is 5.59. The zero-order valence-electron chi connectivity index (χ0n) is 14.0. The highest BCUT2D eigenvalue weighted by Crippen LogP contribution is 2.33. The molecule has 7 heteroatoms. The van der Waals surface area contributed by atoms with Gasteiger partial charge in [0, 0.05) is 31.8 Å². The maximum absolute atomic E-state index is 5.59. The third kappa shape index (κ3) is 3.31. The molecular formula is C15H28N6O. The van der Waals surface area contributed by atoms with Gasteiger partial charge in [-0.1, -0.05) is 0 Å². The molecule has 0 bridgehead atoms. The van der Waals surface area contributed by atoms with Crippen molar-refractivity contribution in [2.45, 2.75) is 57.7 Å². The molecule has 3 rings (SSSR count).